The van der Waals surface area contributed by atoms with Gasteiger partial charge in [-0.1, -0.05) is 18.2 Å². The Morgan fingerprint density at radius 1 is 1.07 bits per heavy atom. The first-order valence-electron chi connectivity index (χ1n) is 10.3. The molecule has 0 saturated carbocycles. The van der Waals surface area contributed by atoms with E-state index in [1.807, 2.05) is 30.3 Å². The van der Waals surface area contributed by atoms with Crippen molar-refractivity contribution >= 4 is 33.4 Å². The van der Waals surface area contributed by atoms with Gasteiger partial charge in [-0.3, -0.25) is 9.59 Å². The number of hydrogen-bond donors (Lipinski definition) is 3. The van der Waals surface area contributed by atoms with Crippen molar-refractivity contribution in [3.63, 3.8) is 0 Å². The molecule has 152 valence electrons. The number of carbonyl (C=O) groups is 1. The number of rotatable bonds is 5. The molecule has 1 saturated heterocycles. The van der Waals surface area contributed by atoms with E-state index < -0.39 is 0 Å². The van der Waals surface area contributed by atoms with Crippen molar-refractivity contribution in [3.05, 3.63) is 58.9 Å². The number of benzene rings is 2. The van der Waals surface area contributed by atoms with Crippen LogP contribution in [-0.2, 0) is 4.79 Å². The molecule has 0 bridgehead atoms. The number of amides is 1. The molecule has 2 aromatic carbocycles. The minimum absolute atomic E-state index is 0.0414. The number of aromatic nitrogens is 3. The molecule has 2 aromatic heterocycles. The Bertz CT molecular complexity index is 1250. The Labute approximate surface area is 173 Å². The van der Waals surface area contributed by atoms with Gasteiger partial charge in [0, 0.05) is 29.6 Å². The second-order valence-corrected chi connectivity index (χ2v) is 7.76. The zero-order valence-electron chi connectivity index (χ0n) is 16.6. The summed E-state index contributed by atoms with van der Waals surface area (Å²) in [6.45, 7) is 2.92. The van der Waals surface area contributed by atoms with Gasteiger partial charge in [0.2, 0.25) is 5.91 Å². The topological polar surface area (TPSA) is 93.9 Å². The number of hydrogen-bond acceptors (Lipinski definition) is 4. The van der Waals surface area contributed by atoms with E-state index in [4.69, 9.17) is 0 Å². The summed E-state index contributed by atoms with van der Waals surface area (Å²) in [7, 11) is 0. The maximum Gasteiger partial charge on any atom is 0.259 e. The number of likely N-dealkylation sites (tertiary alicyclic amines) is 1. The van der Waals surface area contributed by atoms with Crippen LogP contribution in [0.15, 0.2) is 53.3 Å². The Morgan fingerprint density at radius 3 is 2.73 bits per heavy atom. The maximum atomic E-state index is 12.7. The third kappa shape index (κ3) is 3.71. The minimum atomic E-state index is -0.234. The molecule has 0 radical (unpaired) electrons. The molecule has 0 atom stereocenters. The summed E-state index contributed by atoms with van der Waals surface area (Å²) in [5.41, 5.74) is 2.71. The van der Waals surface area contributed by atoms with Gasteiger partial charge in [-0.25, -0.2) is 4.98 Å². The van der Waals surface area contributed by atoms with E-state index in [-0.39, 0.29) is 11.5 Å². The number of aromatic amines is 2. The quantitative estimate of drug-likeness (QED) is 0.477. The van der Waals surface area contributed by atoms with Crippen LogP contribution >= 0.6 is 0 Å². The molecule has 5 rings (SSSR count). The predicted octanol–water partition coefficient (Wildman–Crippen LogP) is 3.50. The monoisotopic (exact) mass is 401 g/mol. The molecule has 3 heterocycles. The summed E-state index contributed by atoms with van der Waals surface area (Å²) in [4.78, 5) is 38.0. The first kappa shape index (κ1) is 18.6. The zero-order valence-corrected chi connectivity index (χ0v) is 16.6. The molecular formula is C23H23N5O2. The molecule has 1 amide bonds. The van der Waals surface area contributed by atoms with E-state index >= 15 is 0 Å². The largest absolute Gasteiger partial charge is 0.352 e. The van der Waals surface area contributed by atoms with E-state index in [2.05, 4.69) is 25.2 Å². The van der Waals surface area contributed by atoms with Crippen LogP contribution in [0.2, 0.25) is 0 Å². The molecule has 4 aromatic rings. The minimum Gasteiger partial charge on any atom is -0.352 e. The van der Waals surface area contributed by atoms with Crippen molar-refractivity contribution in [2.75, 3.05) is 25.0 Å². The smallest absolute Gasteiger partial charge is 0.259 e. The highest BCUT2D eigenvalue weighted by Crippen LogP contribution is 2.23. The van der Waals surface area contributed by atoms with Crippen molar-refractivity contribution in [1.29, 1.82) is 0 Å². The highest BCUT2D eigenvalue weighted by atomic mass is 16.1. The molecule has 1 aliphatic heterocycles. The van der Waals surface area contributed by atoms with Crippen LogP contribution < -0.4 is 10.9 Å². The average molecular weight is 401 g/mol. The fourth-order valence-corrected chi connectivity index (χ4v) is 4.03. The number of anilines is 1. The third-order valence-electron chi connectivity index (χ3n) is 5.63. The number of nitrogens with zero attached hydrogens (tertiary/aromatic N) is 2. The third-order valence-corrected chi connectivity index (χ3v) is 5.63. The summed E-state index contributed by atoms with van der Waals surface area (Å²) in [6.07, 6.45) is 2.87. The standard InChI is InChI=1S/C23H23N5O2/c29-21(9-12-28-10-3-4-11-28)24-16-7-8-19-17(14-16)23(30)27-22(26-19)20-13-15-5-1-2-6-18(15)25-20/h1-2,5-8,13-14,25H,3-4,9-12H2,(H,24,29)(H,26,27,30). The Balaban J connectivity index is 1.37. The van der Waals surface area contributed by atoms with E-state index in [1.54, 1.807) is 18.2 Å². The van der Waals surface area contributed by atoms with Crippen LogP contribution in [0.4, 0.5) is 5.69 Å². The highest BCUT2D eigenvalue weighted by Gasteiger charge is 2.14. The summed E-state index contributed by atoms with van der Waals surface area (Å²) in [6, 6.07) is 15.1. The number of nitrogens with one attached hydrogen (secondary N) is 3. The molecule has 7 nitrogen and oxygen atoms in total. The molecule has 3 N–H and O–H groups in total. The van der Waals surface area contributed by atoms with Gasteiger partial charge in [0.25, 0.3) is 5.56 Å². The van der Waals surface area contributed by atoms with Gasteiger partial charge in [0.1, 0.15) is 0 Å². The van der Waals surface area contributed by atoms with Crippen LogP contribution in [0.3, 0.4) is 0 Å². The van der Waals surface area contributed by atoms with Crippen molar-refractivity contribution in [3.8, 4) is 11.5 Å². The molecule has 0 spiro atoms. The van der Waals surface area contributed by atoms with Gasteiger partial charge in [-0.05, 0) is 56.3 Å². The summed E-state index contributed by atoms with van der Waals surface area (Å²) in [5, 5.41) is 4.41. The first-order chi connectivity index (χ1) is 14.7. The lowest BCUT2D eigenvalue weighted by Gasteiger charge is -2.14. The highest BCUT2D eigenvalue weighted by molar-refractivity contribution is 5.94. The van der Waals surface area contributed by atoms with Gasteiger partial charge >= 0.3 is 0 Å². The summed E-state index contributed by atoms with van der Waals surface area (Å²) >= 11 is 0. The molecule has 30 heavy (non-hydrogen) atoms. The summed E-state index contributed by atoms with van der Waals surface area (Å²) in [5.74, 6) is 0.450. The summed E-state index contributed by atoms with van der Waals surface area (Å²) < 4.78 is 0. The van der Waals surface area contributed by atoms with Crippen LogP contribution in [0.1, 0.15) is 19.3 Å². The van der Waals surface area contributed by atoms with E-state index in [0.29, 0.717) is 28.8 Å². The number of fused-ring (bicyclic) bond motifs is 2. The van der Waals surface area contributed by atoms with Crippen molar-refractivity contribution in [2.45, 2.75) is 19.3 Å². The van der Waals surface area contributed by atoms with Gasteiger partial charge in [-0.15, -0.1) is 0 Å². The van der Waals surface area contributed by atoms with Crippen molar-refractivity contribution < 1.29 is 4.79 Å². The molecule has 0 unspecified atom stereocenters. The lowest BCUT2D eigenvalue weighted by Crippen LogP contribution is -2.25. The molecular weight excluding hydrogens is 378 g/mol. The predicted molar refractivity (Wildman–Crippen MR) is 119 cm³/mol. The Kier molecular flexibility index (Phi) is 4.80. The Hall–Kier alpha value is -3.45. The normalized spacial score (nSPS) is 14.5. The fraction of sp³-hybridized carbons (Fsp3) is 0.261. The second kappa shape index (κ2) is 7.76. The molecule has 1 fully saturated rings. The second-order valence-electron chi connectivity index (χ2n) is 7.76. The van der Waals surface area contributed by atoms with Gasteiger partial charge in [0.15, 0.2) is 5.82 Å². The lowest BCUT2D eigenvalue weighted by molar-refractivity contribution is -0.116. The van der Waals surface area contributed by atoms with E-state index in [0.717, 1.165) is 36.2 Å². The van der Waals surface area contributed by atoms with E-state index in [1.165, 1.54) is 12.8 Å². The number of H-pyrrole nitrogens is 2. The van der Waals surface area contributed by atoms with Gasteiger partial charge < -0.3 is 20.2 Å². The number of carbonyl (C=O) groups excluding carboxylic acids is 1. The fourth-order valence-electron chi connectivity index (χ4n) is 4.03. The maximum absolute atomic E-state index is 12.7. The molecule has 1 aliphatic rings. The van der Waals surface area contributed by atoms with Crippen LogP contribution in [0, 0.1) is 0 Å². The van der Waals surface area contributed by atoms with Crippen LogP contribution in [-0.4, -0.2) is 45.4 Å². The molecule has 0 aliphatic carbocycles. The van der Waals surface area contributed by atoms with Crippen molar-refractivity contribution in [1.82, 2.24) is 19.9 Å². The van der Waals surface area contributed by atoms with E-state index in [9.17, 15) is 9.59 Å². The van der Waals surface area contributed by atoms with Crippen molar-refractivity contribution in [2.24, 2.45) is 0 Å². The SMILES string of the molecule is O=C(CCN1CCCC1)Nc1ccc2nc(-c3cc4ccccc4[nH]3)[nH]c(=O)c2c1. The first-order valence-corrected chi connectivity index (χ1v) is 10.3. The van der Waals surface area contributed by atoms with Gasteiger partial charge in [-0.2, -0.15) is 0 Å². The average Bonchev–Trinajstić information content (AvgIpc) is 3.42. The number of para-hydroxylation sites is 1. The molecule has 7 heteroatoms. The Morgan fingerprint density at radius 2 is 1.90 bits per heavy atom. The lowest BCUT2D eigenvalue weighted by atomic mass is 10.2. The van der Waals surface area contributed by atoms with Crippen LogP contribution in [0.5, 0.6) is 0 Å². The van der Waals surface area contributed by atoms with Gasteiger partial charge in [0.05, 0.1) is 16.6 Å². The van der Waals surface area contributed by atoms with Crippen LogP contribution in [0.25, 0.3) is 33.3 Å². The zero-order chi connectivity index (χ0) is 20.5.